The van der Waals surface area contributed by atoms with E-state index < -0.39 is 59.9 Å². The van der Waals surface area contributed by atoms with E-state index in [0.29, 0.717) is 39.0 Å². The van der Waals surface area contributed by atoms with Crippen molar-refractivity contribution in [3.63, 3.8) is 0 Å². The smallest absolute Gasteiger partial charge is 0.475 e. The van der Waals surface area contributed by atoms with Crippen molar-refractivity contribution >= 4 is 34.8 Å². The number of H-pyrrole nitrogens is 1. The molecule has 2 saturated heterocycles. The lowest BCUT2D eigenvalue weighted by Gasteiger charge is -2.53. The van der Waals surface area contributed by atoms with Crippen LogP contribution >= 0.6 is 0 Å². The molecule has 30 heteroatoms. The van der Waals surface area contributed by atoms with Crippen LogP contribution in [0.1, 0.15) is 62.0 Å². The average Bonchev–Trinajstić information content (AvgIpc) is 3.88. The second-order valence-electron chi connectivity index (χ2n) is 15.2. The minimum absolute atomic E-state index is 0.0735. The van der Waals surface area contributed by atoms with Gasteiger partial charge in [0.2, 0.25) is 5.82 Å². The second-order valence-corrected chi connectivity index (χ2v) is 15.2. The summed E-state index contributed by atoms with van der Waals surface area (Å²) in [5.74, 6) is -10.1. The van der Waals surface area contributed by atoms with Crippen molar-refractivity contribution in [3.05, 3.63) is 54.3 Å². The number of carboxylic acids is 3. The maximum absolute atomic E-state index is 13.6. The lowest BCUT2D eigenvalue weighted by Crippen LogP contribution is -2.66. The summed E-state index contributed by atoms with van der Waals surface area (Å²) in [6.07, 6.45) is -11.4. The van der Waals surface area contributed by atoms with Crippen LogP contribution in [-0.2, 0) is 32.6 Å². The molecular formula is C36H37F12N11O7. The van der Waals surface area contributed by atoms with Gasteiger partial charge in [-0.3, -0.25) is 14.4 Å². The molecule has 4 aromatic heterocycles. The van der Waals surface area contributed by atoms with Crippen molar-refractivity contribution in [3.8, 4) is 17.3 Å². The molecule has 2 aliphatic rings. The van der Waals surface area contributed by atoms with Crippen LogP contribution in [0.5, 0.6) is 0 Å². The van der Waals surface area contributed by atoms with E-state index >= 15 is 0 Å². The Hall–Kier alpha value is -6.64. The zero-order valence-electron chi connectivity index (χ0n) is 34.2. The molecule has 0 aliphatic carbocycles. The molecule has 5 N–H and O–H groups in total. The molecule has 1 amide bonds. The van der Waals surface area contributed by atoms with Gasteiger partial charge in [-0.15, -0.1) is 0 Å². The van der Waals surface area contributed by atoms with Gasteiger partial charge in [-0.05, 0) is 45.7 Å². The van der Waals surface area contributed by atoms with E-state index in [1.807, 2.05) is 43.9 Å². The topological polar surface area (TPSA) is 256 Å². The number of alkyl halides is 12. The summed E-state index contributed by atoms with van der Waals surface area (Å²) in [4.78, 5) is 62.9. The quantitative estimate of drug-likeness (QED) is 0.140. The fraction of sp³-hybridized carbons (Fsp3) is 0.500. The van der Waals surface area contributed by atoms with Gasteiger partial charge in [-0.25, -0.2) is 34.3 Å². The molecule has 0 saturated carbocycles. The first-order valence-electron chi connectivity index (χ1n) is 18.5. The lowest BCUT2D eigenvalue weighted by molar-refractivity contribution is -0.193. The van der Waals surface area contributed by atoms with Crippen LogP contribution in [0.3, 0.4) is 0 Å². The first-order chi connectivity index (χ1) is 30.2. The molecule has 2 fully saturated rings. The highest BCUT2D eigenvalue weighted by Crippen LogP contribution is 2.37. The van der Waals surface area contributed by atoms with Gasteiger partial charge in [0.15, 0.2) is 0 Å². The molecule has 6 heterocycles. The summed E-state index contributed by atoms with van der Waals surface area (Å²) in [5, 5.41) is 39.7. The Labute approximate surface area is 363 Å². The number of nitrogens with zero attached hydrogens (tertiary/aromatic N) is 9. The van der Waals surface area contributed by atoms with Crippen molar-refractivity contribution < 1.29 is 87.2 Å². The van der Waals surface area contributed by atoms with Gasteiger partial charge in [-0.2, -0.15) is 63.0 Å². The Kier molecular flexibility index (Phi) is 16.8. The SMILES string of the molecule is CC(C)(C)NCc1cc(C(=O)N2CCC(N3CC(CC#N)(n4cc(-c5ncnc6[nH]ccc56)cn4)C3)CC2)nc(C(F)(F)F)n1.O=C(O)C(F)(F)F.O=C(O)C(F)(F)F.O=C(O)C(F)(F)F. The number of halogens is 12. The molecule has 0 atom stereocenters. The number of carbonyl (C=O) groups excluding carboxylic acids is 1. The van der Waals surface area contributed by atoms with E-state index in [0.717, 1.165) is 22.3 Å². The Morgan fingerprint density at radius 2 is 1.39 bits per heavy atom. The van der Waals surface area contributed by atoms with Crippen molar-refractivity contribution in [1.29, 1.82) is 5.26 Å². The van der Waals surface area contributed by atoms with Crippen molar-refractivity contribution in [2.45, 2.75) is 88.4 Å². The van der Waals surface area contributed by atoms with Crippen LogP contribution in [0.2, 0.25) is 0 Å². The van der Waals surface area contributed by atoms with Crippen LogP contribution in [0.4, 0.5) is 52.7 Å². The van der Waals surface area contributed by atoms with E-state index in [2.05, 4.69) is 46.3 Å². The molecule has 18 nitrogen and oxygen atoms in total. The van der Waals surface area contributed by atoms with Crippen molar-refractivity contribution in [2.75, 3.05) is 26.2 Å². The van der Waals surface area contributed by atoms with E-state index in [9.17, 15) is 62.7 Å². The summed E-state index contributed by atoms with van der Waals surface area (Å²) in [5.41, 5.74) is 1.35. The molecule has 6 rings (SSSR count). The number of hydrogen-bond donors (Lipinski definition) is 5. The number of piperidine rings is 1. The Balaban J connectivity index is 0.000000457. The average molecular weight is 964 g/mol. The molecule has 0 aromatic carbocycles. The second kappa shape index (κ2) is 20.7. The fourth-order valence-electron chi connectivity index (χ4n) is 6.04. The van der Waals surface area contributed by atoms with E-state index in [4.69, 9.17) is 29.7 Å². The summed E-state index contributed by atoms with van der Waals surface area (Å²) in [6, 6.07) is 5.74. The van der Waals surface area contributed by atoms with Gasteiger partial charge >= 0.3 is 42.6 Å². The highest BCUT2D eigenvalue weighted by atomic mass is 19.4. The number of rotatable bonds is 7. The van der Waals surface area contributed by atoms with Crippen LogP contribution < -0.4 is 5.32 Å². The van der Waals surface area contributed by atoms with Crippen LogP contribution in [-0.4, -0.2) is 140 Å². The van der Waals surface area contributed by atoms with Crippen LogP contribution in [0.15, 0.2) is 37.1 Å². The number of aromatic amines is 1. The molecule has 0 unspecified atom stereocenters. The number of amides is 1. The molecule has 4 aromatic rings. The number of carboxylic acid groups (broad SMARTS) is 3. The normalized spacial score (nSPS) is 15.7. The highest BCUT2D eigenvalue weighted by molar-refractivity contribution is 5.92. The number of carbonyl (C=O) groups is 4. The summed E-state index contributed by atoms with van der Waals surface area (Å²) < 4.78 is 138. The van der Waals surface area contributed by atoms with E-state index in [1.54, 1.807) is 11.1 Å². The largest absolute Gasteiger partial charge is 0.490 e. The first-order valence-corrected chi connectivity index (χ1v) is 18.5. The Bertz CT molecular complexity index is 2310. The number of nitriles is 1. The van der Waals surface area contributed by atoms with Gasteiger partial charge in [0, 0.05) is 67.6 Å². The fourth-order valence-corrected chi connectivity index (χ4v) is 6.04. The van der Waals surface area contributed by atoms with Crippen LogP contribution in [0, 0.1) is 11.3 Å². The Morgan fingerprint density at radius 1 is 0.864 bits per heavy atom. The number of aliphatic carboxylic acids is 3. The van der Waals surface area contributed by atoms with Gasteiger partial charge in [0.05, 0.1) is 30.1 Å². The first kappa shape index (κ1) is 53.7. The van der Waals surface area contributed by atoms with Crippen LogP contribution in [0.25, 0.3) is 22.3 Å². The zero-order valence-corrected chi connectivity index (χ0v) is 34.2. The third-order valence-electron chi connectivity index (χ3n) is 9.15. The molecule has 0 radical (unpaired) electrons. The third-order valence-corrected chi connectivity index (χ3v) is 9.15. The highest BCUT2D eigenvalue weighted by Gasteiger charge is 2.48. The van der Waals surface area contributed by atoms with Crippen molar-refractivity contribution in [1.82, 2.24) is 49.8 Å². The third kappa shape index (κ3) is 15.0. The van der Waals surface area contributed by atoms with Gasteiger partial charge < -0.3 is 30.5 Å². The number of likely N-dealkylation sites (tertiary alicyclic amines) is 2. The Morgan fingerprint density at radius 3 is 1.86 bits per heavy atom. The zero-order chi connectivity index (χ0) is 50.2. The molecule has 2 aliphatic heterocycles. The van der Waals surface area contributed by atoms with E-state index in [1.165, 1.54) is 12.4 Å². The molecular weight excluding hydrogens is 926 g/mol. The molecule has 362 valence electrons. The molecule has 0 spiro atoms. The number of nitrogens with one attached hydrogen (secondary N) is 2. The molecule has 0 bridgehead atoms. The monoisotopic (exact) mass is 963 g/mol. The van der Waals surface area contributed by atoms with Gasteiger partial charge in [0.25, 0.3) is 5.91 Å². The maximum Gasteiger partial charge on any atom is 0.490 e. The minimum Gasteiger partial charge on any atom is -0.475 e. The van der Waals surface area contributed by atoms with Crippen molar-refractivity contribution in [2.24, 2.45) is 0 Å². The van der Waals surface area contributed by atoms with E-state index in [-0.39, 0.29) is 35.9 Å². The number of fused-ring (bicyclic) bond motifs is 1. The lowest BCUT2D eigenvalue weighted by atomic mass is 9.83. The summed E-state index contributed by atoms with van der Waals surface area (Å²) in [6.45, 7) is 7.77. The summed E-state index contributed by atoms with van der Waals surface area (Å²) >= 11 is 0. The van der Waals surface area contributed by atoms with Gasteiger partial charge in [-0.1, -0.05) is 0 Å². The number of hydrogen-bond acceptors (Lipinski definition) is 12. The summed E-state index contributed by atoms with van der Waals surface area (Å²) in [7, 11) is 0. The number of aromatic nitrogens is 7. The predicted molar refractivity (Wildman–Crippen MR) is 199 cm³/mol. The predicted octanol–water partition coefficient (Wildman–Crippen LogP) is 5.65. The maximum atomic E-state index is 13.6. The molecule has 66 heavy (non-hydrogen) atoms. The standard InChI is InChI=1S/C30H34F3N11O.3C2HF3O2/c1-28(2,3)38-14-20-12-23(41-27(40-20)30(31,32)33)26(45)42-10-5-21(6-11-42)43-16-29(17-43,7-8-34)44-15-19(13-39-44)24-22-4-9-35-25(22)37-18-36-24;3*3-2(4,5)1(6)7/h4,9,12-13,15,18,21,38H,5-7,10-11,14,16-17H2,1-3H3,(H,35,36,37);3*(H,6,7). The minimum atomic E-state index is -5.08. The van der Waals surface area contributed by atoms with Gasteiger partial charge in [0.1, 0.15) is 23.2 Å².